The number of rotatable bonds is 0. The van der Waals surface area contributed by atoms with Gasteiger partial charge in [-0.2, -0.15) is 18.2 Å². The Labute approximate surface area is 162 Å². The SMILES string of the molecule is CC(C)(C)c1cc[c-](C(C)(C)C)n1.Cl.Cl.[C-]1=CC=CC1.[Zr+2]. The maximum absolute atomic E-state index is 4.65. The predicted octanol–water partition coefficient (Wildman–Crippen LogP) is 5.54. The van der Waals surface area contributed by atoms with E-state index in [0.29, 0.717) is 0 Å². The first-order chi connectivity index (χ1) is 8.21. The molecule has 0 spiro atoms. The van der Waals surface area contributed by atoms with Gasteiger partial charge in [-0.1, -0.05) is 52.7 Å². The van der Waals surface area contributed by atoms with Crippen LogP contribution >= 0.6 is 24.8 Å². The van der Waals surface area contributed by atoms with E-state index >= 15 is 0 Å². The van der Waals surface area contributed by atoms with Gasteiger partial charge in [0.05, 0.1) is 0 Å². The molecule has 1 nitrogen and oxygen atoms in total. The fraction of sp³-hybridized carbons (Fsp3) is 0.529. The summed E-state index contributed by atoms with van der Waals surface area (Å²) in [5.41, 5.74) is 2.72. The molecule has 1 aliphatic rings. The summed E-state index contributed by atoms with van der Waals surface area (Å²) < 4.78 is 0. The van der Waals surface area contributed by atoms with Gasteiger partial charge >= 0.3 is 26.2 Å². The molecular formula is C17H27Cl2NZr. The molecule has 1 heterocycles. The minimum atomic E-state index is 0. The van der Waals surface area contributed by atoms with Crippen molar-refractivity contribution < 1.29 is 26.2 Å². The van der Waals surface area contributed by atoms with Crippen LogP contribution in [-0.4, -0.2) is 4.98 Å². The fourth-order valence-corrected chi connectivity index (χ4v) is 1.54. The van der Waals surface area contributed by atoms with E-state index in [-0.39, 0.29) is 61.8 Å². The van der Waals surface area contributed by atoms with E-state index in [9.17, 15) is 0 Å². The summed E-state index contributed by atoms with van der Waals surface area (Å²) in [7, 11) is 0. The van der Waals surface area contributed by atoms with Crippen LogP contribution in [0.15, 0.2) is 30.4 Å². The molecule has 21 heavy (non-hydrogen) atoms. The van der Waals surface area contributed by atoms with Crippen molar-refractivity contribution in [2.45, 2.75) is 58.8 Å². The molecule has 0 aromatic carbocycles. The van der Waals surface area contributed by atoms with Gasteiger partial charge in [-0.05, 0) is 5.41 Å². The Bertz CT molecular complexity index is 396. The maximum atomic E-state index is 4.65. The molecule has 1 aromatic heterocycles. The van der Waals surface area contributed by atoms with Crippen LogP contribution in [-0.2, 0) is 37.0 Å². The van der Waals surface area contributed by atoms with Gasteiger partial charge in [0.25, 0.3) is 0 Å². The van der Waals surface area contributed by atoms with Crippen LogP contribution in [0.3, 0.4) is 0 Å². The quantitative estimate of drug-likeness (QED) is 0.515. The third-order valence-electron chi connectivity index (χ3n) is 2.76. The molecule has 0 saturated carbocycles. The molecule has 0 amide bonds. The minimum absolute atomic E-state index is 0. The number of nitrogens with zero attached hydrogens (tertiary/aromatic N) is 1. The molecule has 0 atom stereocenters. The van der Waals surface area contributed by atoms with Gasteiger partial charge in [-0.25, -0.2) is 12.2 Å². The largest absolute Gasteiger partial charge is 2.00 e. The molecule has 1 aromatic rings. The Morgan fingerprint density at radius 1 is 1.10 bits per heavy atom. The molecule has 0 radical (unpaired) electrons. The number of hydrogen-bond acceptors (Lipinski definition) is 1. The average molecular weight is 408 g/mol. The van der Waals surface area contributed by atoms with Crippen molar-refractivity contribution in [3.63, 3.8) is 0 Å². The fourth-order valence-electron chi connectivity index (χ4n) is 1.54. The first-order valence-corrected chi connectivity index (χ1v) is 6.58. The molecule has 0 saturated heterocycles. The van der Waals surface area contributed by atoms with Crippen molar-refractivity contribution in [1.29, 1.82) is 0 Å². The molecule has 0 N–H and O–H groups in total. The zero-order valence-electron chi connectivity index (χ0n) is 13.9. The Hall–Kier alpha value is 0.223. The molecular weight excluding hydrogens is 380 g/mol. The minimum Gasteiger partial charge on any atom is -0.395 e. The Morgan fingerprint density at radius 3 is 1.86 bits per heavy atom. The first kappa shape index (κ1) is 26.1. The second-order valence-corrected chi connectivity index (χ2v) is 6.72. The predicted molar refractivity (Wildman–Crippen MR) is 93.3 cm³/mol. The van der Waals surface area contributed by atoms with Gasteiger partial charge in [0.15, 0.2) is 0 Å². The molecule has 0 aliphatic heterocycles. The van der Waals surface area contributed by atoms with Crippen LogP contribution in [0.5, 0.6) is 0 Å². The second-order valence-electron chi connectivity index (χ2n) is 6.72. The van der Waals surface area contributed by atoms with Crippen LogP contribution in [0.1, 0.15) is 59.4 Å². The van der Waals surface area contributed by atoms with E-state index in [1.165, 1.54) is 11.4 Å². The Morgan fingerprint density at radius 2 is 1.67 bits per heavy atom. The van der Waals surface area contributed by atoms with Crippen LogP contribution in [0.2, 0.25) is 0 Å². The molecule has 4 heteroatoms. The zero-order chi connectivity index (χ0) is 13.8. The van der Waals surface area contributed by atoms with Crippen LogP contribution in [0.25, 0.3) is 0 Å². The summed E-state index contributed by atoms with van der Waals surface area (Å²) in [6.45, 7) is 13.2. The van der Waals surface area contributed by atoms with Crippen molar-refractivity contribution in [2.75, 3.05) is 0 Å². The van der Waals surface area contributed by atoms with Gasteiger partial charge in [0.1, 0.15) is 0 Å². The summed E-state index contributed by atoms with van der Waals surface area (Å²) in [5.74, 6) is 0. The van der Waals surface area contributed by atoms with E-state index in [2.05, 4.69) is 70.8 Å². The van der Waals surface area contributed by atoms with Crippen LogP contribution in [0, 0.1) is 6.08 Å². The molecule has 1 aliphatic carbocycles. The summed E-state index contributed by atoms with van der Waals surface area (Å²) >= 11 is 0. The van der Waals surface area contributed by atoms with Crippen molar-refractivity contribution in [1.82, 2.24) is 4.98 Å². The van der Waals surface area contributed by atoms with Crippen molar-refractivity contribution in [2.24, 2.45) is 0 Å². The molecule has 0 bridgehead atoms. The molecule has 0 fully saturated rings. The third-order valence-corrected chi connectivity index (χ3v) is 2.76. The summed E-state index contributed by atoms with van der Waals surface area (Å²) in [6, 6.07) is 4.28. The summed E-state index contributed by atoms with van der Waals surface area (Å²) in [6.07, 6.45) is 10.0. The zero-order valence-corrected chi connectivity index (χ0v) is 17.9. The smallest absolute Gasteiger partial charge is 0.395 e. The van der Waals surface area contributed by atoms with Gasteiger partial charge in [0, 0.05) is 0 Å². The maximum Gasteiger partial charge on any atom is 2.00 e. The third kappa shape index (κ3) is 9.77. The number of hydrogen-bond donors (Lipinski definition) is 0. The van der Waals surface area contributed by atoms with Gasteiger partial charge in [-0.3, -0.25) is 6.08 Å². The molecule has 118 valence electrons. The van der Waals surface area contributed by atoms with Crippen LogP contribution in [0.4, 0.5) is 0 Å². The normalized spacial score (nSPS) is 12.5. The van der Waals surface area contributed by atoms with E-state index < -0.39 is 0 Å². The van der Waals surface area contributed by atoms with Crippen LogP contribution < -0.4 is 0 Å². The number of allylic oxidation sites excluding steroid dienone is 4. The van der Waals surface area contributed by atoms with Gasteiger partial charge in [-0.15, -0.1) is 36.9 Å². The summed E-state index contributed by atoms with van der Waals surface area (Å²) in [5, 5.41) is 0. The second kappa shape index (κ2) is 10.9. The Kier molecular flexibility index (Phi) is 13.5. The monoisotopic (exact) mass is 405 g/mol. The number of halogens is 2. The molecule has 2 rings (SSSR count). The topological polar surface area (TPSA) is 12.9 Å². The van der Waals surface area contributed by atoms with Crippen molar-refractivity contribution >= 4 is 24.8 Å². The van der Waals surface area contributed by atoms with Crippen molar-refractivity contribution in [3.8, 4) is 0 Å². The van der Waals surface area contributed by atoms with E-state index in [1.807, 2.05) is 12.2 Å². The first-order valence-electron chi connectivity index (χ1n) is 6.58. The standard InChI is InChI=1S/C12H20N.C5H5.2ClH.Zr/c1-11(2,3)9-7-8-10(13-9)12(4,5)6;1-2-4-5-3-1;;;/h7-8H,1-6H3;1-3H,4H2;2*1H;/q2*-1;;;+2. The van der Waals surface area contributed by atoms with E-state index in [1.54, 1.807) is 0 Å². The van der Waals surface area contributed by atoms with Gasteiger partial charge < -0.3 is 4.98 Å². The van der Waals surface area contributed by atoms with E-state index in [4.69, 9.17) is 0 Å². The average Bonchev–Trinajstić information content (AvgIpc) is 2.91. The van der Waals surface area contributed by atoms with Gasteiger partial charge in [0.2, 0.25) is 0 Å². The Balaban J connectivity index is -0.000000349. The number of aromatic nitrogens is 1. The van der Waals surface area contributed by atoms with Crippen molar-refractivity contribution in [3.05, 3.63) is 47.8 Å². The molecule has 0 unspecified atom stereocenters. The van der Waals surface area contributed by atoms with E-state index in [0.717, 1.165) is 6.42 Å². The summed E-state index contributed by atoms with van der Waals surface area (Å²) in [4.78, 5) is 4.65.